The van der Waals surface area contributed by atoms with Gasteiger partial charge in [0.05, 0.1) is 11.0 Å². The first-order valence-electron chi connectivity index (χ1n) is 6.09. The summed E-state index contributed by atoms with van der Waals surface area (Å²) in [7, 11) is 0. The maximum Gasteiger partial charge on any atom is 0.331 e. The van der Waals surface area contributed by atoms with Crippen LogP contribution in [-0.4, -0.2) is 22.2 Å². The number of halogens is 2. The minimum absolute atomic E-state index is 0.0841. The number of hydrogen-bond acceptors (Lipinski definition) is 2. The van der Waals surface area contributed by atoms with Crippen molar-refractivity contribution in [3.63, 3.8) is 0 Å². The summed E-state index contributed by atoms with van der Waals surface area (Å²) in [4.78, 5) is 22.5. The molecule has 0 radical (unpaired) electrons. The predicted molar refractivity (Wildman–Crippen MR) is 70.4 cm³/mol. The van der Waals surface area contributed by atoms with E-state index in [1.165, 1.54) is 19.1 Å². The molecule has 1 aliphatic carbocycles. The summed E-state index contributed by atoms with van der Waals surface area (Å²) < 4.78 is 27.6. The number of allylic oxidation sites excluding steroid dienone is 2. The molecule has 0 saturated carbocycles. The molecule has 0 aromatic heterocycles. The number of carbonyl (C=O) groups is 2. The minimum Gasteiger partial charge on any atom is -0.481 e. The standard InChI is InChI=1S/C15H12F2O4/c1-15(14(20)21)6-8(5-9(7-15)13(18)19)12-10(16)3-2-4-11(12)17/h2-6H,7H2,1H3,(H,18,19)(H,20,21). The lowest BCUT2D eigenvalue weighted by atomic mass is 9.76. The van der Waals surface area contributed by atoms with Crippen LogP contribution >= 0.6 is 0 Å². The Labute approximate surface area is 119 Å². The maximum absolute atomic E-state index is 13.8. The zero-order chi connectivity index (χ0) is 15.8. The van der Waals surface area contributed by atoms with Gasteiger partial charge >= 0.3 is 11.9 Å². The maximum atomic E-state index is 13.8. The van der Waals surface area contributed by atoms with E-state index < -0.39 is 34.6 Å². The van der Waals surface area contributed by atoms with Crippen molar-refractivity contribution in [3.8, 4) is 0 Å². The topological polar surface area (TPSA) is 74.6 Å². The minimum atomic E-state index is -1.54. The van der Waals surface area contributed by atoms with Gasteiger partial charge in [0.2, 0.25) is 0 Å². The lowest BCUT2D eigenvalue weighted by Crippen LogP contribution is -2.29. The van der Waals surface area contributed by atoms with Crippen LogP contribution < -0.4 is 0 Å². The molecule has 1 aromatic rings. The first-order chi connectivity index (χ1) is 9.74. The molecular weight excluding hydrogens is 282 g/mol. The molecule has 0 amide bonds. The Bertz CT molecular complexity index is 671. The van der Waals surface area contributed by atoms with Crippen molar-refractivity contribution in [3.05, 3.63) is 53.1 Å². The molecule has 0 fully saturated rings. The molecule has 0 bridgehead atoms. The van der Waals surface area contributed by atoms with E-state index in [1.54, 1.807) is 0 Å². The monoisotopic (exact) mass is 294 g/mol. The van der Waals surface area contributed by atoms with Gasteiger partial charge in [-0.25, -0.2) is 13.6 Å². The number of aliphatic carboxylic acids is 2. The molecule has 6 heteroatoms. The summed E-state index contributed by atoms with van der Waals surface area (Å²) in [6, 6.07) is 3.23. The molecule has 0 saturated heterocycles. The van der Waals surface area contributed by atoms with Crippen molar-refractivity contribution in [2.24, 2.45) is 5.41 Å². The van der Waals surface area contributed by atoms with Gasteiger partial charge in [0.1, 0.15) is 11.6 Å². The molecule has 2 rings (SSSR count). The summed E-state index contributed by atoms with van der Waals surface area (Å²) in [6.07, 6.45) is 2.04. The van der Waals surface area contributed by atoms with Gasteiger partial charge in [0.25, 0.3) is 0 Å². The predicted octanol–water partition coefficient (Wildman–Crippen LogP) is 2.85. The number of rotatable bonds is 3. The van der Waals surface area contributed by atoms with Crippen molar-refractivity contribution in [2.75, 3.05) is 0 Å². The molecular formula is C15H12F2O4. The number of hydrogen-bond donors (Lipinski definition) is 2. The van der Waals surface area contributed by atoms with E-state index in [-0.39, 0.29) is 17.6 Å². The highest BCUT2D eigenvalue weighted by Crippen LogP contribution is 2.38. The van der Waals surface area contributed by atoms with Crippen LogP contribution in [0.25, 0.3) is 5.57 Å². The Morgan fingerprint density at radius 3 is 2.24 bits per heavy atom. The van der Waals surface area contributed by atoms with Gasteiger partial charge in [-0.15, -0.1) is 0 Å². The highest BCUT2D eigenvalue weighted by atomic mass is 19.1. The van der Waals surface area contributed by atoms with Gasteiger partial charge < -0.3 is 10.2 Å². The van der Waals surface area contributed by atoms with Gasteiger partial charge in [0, 0.05) is 5.57 Å². The third-order valence-electron chi connectivity index (χ3n) is 3.38. The van der Waals surface area contributed by atoms with E-state index >= 15 is 0 Å². The molecule has 4 nitrogen and oxygen atoms in total. The molecule has 0 spiro atoms. The summed E-state index contributed by atoms with van der Waals surface area (Å²) in [5, 5.41) is 18.3. The van der Waals surface area contributed by atoms with Crippen LogP contribution in [0.4, 0.5) is 8.78 Å². The highest BCUT2D eigenvalue weighted by molar-refractivity contribution is 5.96. The summed E-state index contributed by atoms with van der Waals surface area (Å²) in [6.45, 7) is 1.31. The van der Waals surface area contributed by atoms with E-state index in [1.807, 2.05) is 0 Å². The smallest absolute Gasteiger partial charge is 0.331 e. The Morgan fingerprint density at radius 2 is 1.76 bits per heavy atom. The molecule has 1 unspecified atom stereocenters. The second kappa shape index (κ2) is 5.12. The summed E-state index contributed by atoms with van der Waals surface area (Å²) >= 11 is 0. The molecule has 2 N–H and O–H groups in total. The van der Waals surface area contributed by atoms with Crippen LogP contribution in [0, 0.1) is 17.0 Å². The van der Waals surface area contributed by atoms with Crippen LogP contribution in [-0.2, 0) is 9.59 Å². The molecule has 0 aliphatic heterocycles. The van der Waals surface area contributed by atoms with Crippen LogP contribution in [0.2, 0.25) is 0 Å². The molecule has 110 valence electrons. The van der Waals surface area contributed by atoms with Crippen LogP contribution in [0.5, 0.6) is 0 Å². The Kier molecular flexibility index (Phi) is 3.63. The first kappa shape index (κ1) is 14.9. The lowest BCUT2D eigenvalue weighted by Gasteiger charge is -2.26. The van der Waals surface area contributed by atoms with Gasteiger partial charge in [-0.1, -0.05) is 12.1 Å². The SMILES string of the molecule is CC1(C(=O)O)C=C(c2c(F)cccc2F)C=C(C(=O)O)C1. The fraction of sp³-hybridized carbons (Fsp3) is 0.200. The molecule has 0 heterocycles. The van der Waals surface area contributed by atoms with E-state index in [9.17, 15) is 23.5 Å². The molecule has 1 aliphatic rings. The Hall–Kier alpha value is -2.50. The van der Waals surface area contributed by atoms with E-state index in [4.69, 9.17) is 5.11 Å². The summed E-state index contributed by atoms with van der Waals surface area (Å²) in [5.41, 5.74) is -2.25. The van der Waals surface area contributed by atoms with E-state index in [0.717, 1.165) is 18.2 Å². The zero-order valence-corrected chi connectivity index (χ0v) is 11.1. The quantitative estimate of drug-likeness (QED) is 0.899. The largest absolute Gasteiger partial charge is 0.481 e. The highest BCUT2D eigenvalue weighted by Gasteiger charge is 2.37. The van der Waals surface area contributed by atoms with E-state index in [0.29, 0.717) is 0 Å². The number of carboxylic acid groups (broad SMARTS) is 2. The van der Waals surface area contributed by atoms with E-state index in [2.05, 4.69) is 0 Å². The lowest BCUT2D eigenvalue weighted by molar-refractivity contribution is -0.145. The molecule has 21 heavy (non-hydrogen) atoms. The second-order valence-electron chi connectivity index (χ2n) is 5.07. The van der Waals surface area contributed by atoms with Gasteiger partial charge in [-0.05, 0) is 37.1 Å². The third-order valence-corrected chi connectivity index (χ3v) is 3.38. The van der Waals surface area contributed by atoms with Crippen LogP contribution in [0.15, 0.2) is 35.9 Å². The number of benzene rings is 1. The fourth-order valence-corrected chi connectivity index (χ4v) is 2.26. The van der Waals surface area contributed by atoms with Gasteiger partial charge in [-0.2, -0.15) is 0 Å². The third kappa shape index (κ3) is 2.69. The normalized spacial score (nSPS) is 21.5. The second-order valence-corrected chi connectivity index (χ2v) is 5.07. The Morgan fingerprint density at radius 1 is 1.19 bits per heavy atom. The average Bonchev–Trinajstić information content (AvgIpc) is 2.37. The van der Waals surface area contributed by atoms with Crippen molar-refractivity contribution in [2.45, 2.75) is 13.3 Å². The molecule has 1 aromatic carbocycles. The zero-order valence-electron chi connectivity index (χ0n) is 11.1. The van der Waals surface area contributed by atoms with Crippen molar-refractivity contribution in [1.82, 2.24) is 0 Å². The summed E-state index contributed by atoms with van der Waals surface area (Å²) in [5.74, 6) is -4.33. The van der Waals surface area contributed by atoms with Crippen molar-refractivity contribution < 1.29 is 28.6 Å². The van der Waals surface area contributed by atoms with Gasteiger partial charge in [-0.3, -0.25) is 4.79 Å². The van der Waals surface area contributed by atoms with Crippen LogP contribution in [0.3, 0.4) is 0 Å². The van der Waals surface area contributed by atoms with Crippen molar-refractivity contribution >= 4 is 17.5 Å². The Balaban J connectivity index is 2.67. The number of carboxylic acids is 2. The van der Waals surface area contributed by atoms with Crippen molar-refractivity contribution in [1.29, 1.82) is 0 Å². The first-order valence-corrected chi connectivity index (χ1v) is 6.09. The molecule has 1 atom stereocenters. The average molecular weight is 294 g/mol. The van der Waals surface area contributed by atoms with Crippen LogP contribution in [0.1, 0.15) is 18.9 Å². The van der Waals surface area contributed by atoms with Gasteiger partial charge in [0.15, 0.2) is 0 Å². The fourth-order valence-electron chi connectivity index (χ4n) is 2.26.